The highest BCUT2D eigenvalue weighted by atomic mass is 16.5. The van der Waals surface area contributed by atoms with Crippen molar-refractivity contribution in [1.29, 1.82) is 0 Å². The first kappa shape index (κ1) is 17.2. The van der Waals surface area contributed by atoms with Gasteiger partial charge in [0.1, 0.15) is 0 Å². The highest BCUT2D eigenvalue weighted by molar-refractivity contribution is 6.03. The summed E-state index contributed by atoms with van der Waals surface area (Å²) in [5.74, 6) is 2.02. The average Bonchev–Trinajstić information content (AvgIpc) is 2.69. The van der Waals surface area contributed by atoms with Crippen LogP contribution < -0.4 is 18.6 Å². The van der Waals surface area contributed by atoms with Gasteiger partial charge in [-0.3, -0.25) is 0 Å². The number of hydrogen-bond donors (Lipinski definition) is 1. The van der Waals surface area contributed by atoms with Crippen LogP contribution in [0.25, 0.3) is 27.1 Å². The number of ether oxygens (including phenoxy) is 3. The minimum Gasteiger partial charge on any atom is -0.504 e. The molecule has 0 aliphatic carbocycles. The molecule has 0 unspecified atom stereocenters. The van der Waals surface area contributed by atoms with E-state index in [2.05, 4.69) is 11.3 Å². The third-order valence-corrected chi connectivity index (χ3v) is 5.30. The van der Waals surface area contributed by atoms with Gasteiger partial charge in [0.2, 0.25) is 5.52 Å². The van der Waals surface area contributed by atoms with E-state index in [0.717, 1.165) is 38.3 Å². The van der Waals surface area contributed by atoms with Crippen molar-refractivity contribution in [3.8, 4) is 23.0 Å². The van der Waals surface area contributed by atoms with Crippen molar-refractivity contribution in [2.75, 3.05) is 21.3 Å². The molecule has 0 saturated heterocycles. The SMILES string of the molecule is COc1cc2cc[n+]3c(C)c4c(O)c(OC)ccc4c(C)c3c2cc1OC. The molecule has 1 N–H and O–H groups in total. The van der Waals surface area contributed by atoms with E-state index in [1.54, 1.807) is 27.4 Å². The third-order valence-electron chi connectivity index (χ3n) is 5.30. The Balaban J connectivity index is 2.23. The van der Waals surface area contributed by atoms with Crippen LogP contribution >= 0.6 is 0 Å². The second-order valence-corrected chi connectivity index (χ2v) is 6.58. The van der Waals surface area contributed by atoms with Gasteiger partial charge < -0.3 is 19.3 Å². The van der Waals surface area contributed by atoms with Crippen LogP contribution in [-0.2, 0) is 0 Å². The lowest BCUT2D eigenvalue weighted by molar-refractivity contribution is -0.517. The molecule has 0 amide bonds. The molecule has 2 aromatic carbocycles. The zero-order valence-electron chi connectivity index (χ0n) is 16.1. The summed E-state index contributed by atoms with van der Waals surface area (Å²) in [7, 11) is 4.84. The van der Waals surface area contributed by atoms with E-state index in [4.69, 9.17) is 14.2 Å². The van der Waals surface area contributed by atoms with Gasteiger partial charge in [-0.2, -0.15) is 4.40 Å². The molecule has 0 bridgehead atoms. The van der Waals surface area contributed by atoms with E-state index in [-0.39, 0.29) is 5.75 Å². The van der Waals surface area contributed by atoms with Gasteiger partial charge in [0.25, 0.3) is 0 Å². The molecule has 0 radical (unpaired) electrons. The fourth-order valence-electron chi connectivity index (χ4n) is 3.92. The summed E-state index contributed by atoms with van der Waals surface area (Å²) in [4.78, 5) is 0. The summed E-state index contributed by atoms with van der Waals surface area (Å²) in [6, 6.07) is 9.83. The molecule has 0 atom stereocenters. The lowest BCUT2D eigenvalue weighted by atomic mass is 9.99. The van der Waals surface area contributed by atoms with Crippen LogP contribution in [0.5, 0.6) is 23.0 Å². The van der Waals surface area contributed by atoms with Gasteiger partial charge in [0.15, 0.2) is 34.9 Å². The van der Waals surface area contributed by atoms with E-state index in [0.29, 0.717) is 17.2 Å². The van der Waals surface area contributed by atoms with E-state index in [9.17, 15) is 5.11 Å². The maximum atomic E-state index is 10.7. The maximum absolute atomic E-state index is 10.7. The van der Waals surface area contributed by atoms with Crippen molar-refractivity contribution in [2.24, 2.45) is 0 Å². The van der Waals surface area contributed by atoms with E-state index < -0.39 is 0 Å². The molecule has 138 valence electrons. The van der Waals surface area contributed by atoms with E-state index in [1.807, 2.05) is 37.4 Å². The molecule has 5 nitrogen and oxygen atoms in total. The van der Waals surface area contributed by atoms with Gasteiger partial charge in [0, 0.05) is 23.9 Å². The van der Waals surface area contributed by atoms with E-state index >= 15 is 0 Å². The monoisotopic (exact) mass is 364 g/mol. The van der Waals surface area contributed by atoms with Crippen LogP contribution in [0.2, 0.25) is 0 Å². The first-order valence-electron chi connectivity index (χ1n) is 8.70. The topological polar surface area (TPSA) is 52.0 Å². The molecule has 27 heavy (non-hydrogen) atoms. The Bertz CT molecular complexity index is 1210. The summed E-state index contributed by atoms with van der Waals surface area (Å²) in [6.07, 6.45) is 2.02. The molecule has 2 aromatic heterocycles. The zero-order valence-corrected chi connectivity index (χ0v) is 16.1. The second kappa shape index (κ2) is 6.20. The van der Waals surface area contributed by atoms with Crippen molar-refractivity contribution in [1.82, 2.24) is 0 Å². The molecule has 0 saturated carbocycles. The largest absolute Gasteiger partial charge is 0.504 e. The lowest BCUT2D eigenvalue weighted by Gasteiger charge is -2.13. The number of aromatic nitrogens is 1. The number of phenols is 1. The van der Waals surface area contributed by atoms with Gasteiger partial charge in [-0.05, 0) is 36.6 Å². The molecule has 5 heteroatoms. The Kier molecular flexibility index (Phi) is 3.95. The minimum atomic E-state index is 0.164. The van der Waals surface area contributed by atoms with Crippen molar-refractivity contribution in [2.45, 2.75) is 13.8 Å². The maximum Gasteiger partial charge on any atom is 0.222 e. The first-order valence-corrected chi connectivity index (χ1v) is 8.70. The third kappa shape index (κ3) is 2.35. The molecular formula is C22H22NO4+. The van der Waals surface area contributed by atoms with Crippen LogP contribution in [0, 0.1) is 13.8 Å². The molecular weight excluding hydrogens is 342 g/mol. The van der Waals surface area contributed by atoms with Crippen LogP contribution in [0.4, 0.5) is 0 Å². The fraction of sp³-hybridized carbons (Fsp3) is 0.227. The van der Waals surface area contributed by atoms with Crippen LogP contribution in [0.1, 0.15) is 11.3 Å². The molecule has 0 aliphatic heterocycles. The van der Waals surface area contributed by atoms with Crippen molar-refractivity contribution in [3.63, 3.8) is 0 Å². The Hall–Kier alpha value is -3.21. The number of nitrogens with zero attached hydrogens (tertiary/aromatic N) is 1. The zero-order chi connectivity index (χ0) is 19.3. The smallest absolute Gasteiger partial charge is 0.222 e. The number of hydrogen-bond acceptors (Lipinski definition) is 4. The summed E-state index contributed by atoms with van der Waals surface area (Å²) >= 11 is 0. The molecule has 0 fully saturated rings. The summed E-state index contributed by atoms with van der Waals surface area (Å²) in [5.41, 5.74) is 3.09. The summed E-state index contributed by atoms with van der Waals surface area (Å²) < 4.78 is 18.4. The summed E-state index contributed by atoms with van der Waals surface area (Å²) in [6.45, 7) is 4.07. The number of fused-ring (bicyclic) bond motifs is 4. The second-order valence-electron chi connectivity index (χ2n) is 6.58. The Labute approximate surface area is 157 Å². The molecule has 0 aliphatic rings. The van der Waals surface area contributed by atoms with Crippen LogP contribution in [0.3, 0.4) is 0 Å². The minimum absolute atomic E-state index is 0.164. The predicted octanol–water partition coefficient (Wildman–Crippen LogP) is 4.08. The van der Waals surface area contributed by atoms with Crippen molar-refractivity contribution in [3.05, 3.63) is 47.8 Å². The predicted molar refractivity (Wildman–Crippen MR) is 105 cm³/mol. The first-order chi connectivity index (χ1) is 13.0. The molecule has 2 heterocycles. The quantitative estimate of drug-likeness (QED) is 0.338. The van der Waals surface area contributed by atoms with Gasteiger partial charge >= 0.3 is 0 Å². The number of phenolic OH excluding ortho intramolecular Hbond substituents is 1. The van der Waals surface area contributed by atoms with Gasteiger partial charge in [-0.1, -0.05) is 0 Å². The van der Waals surface area contributed by atoms with Crippen molar-refractivity contribution < 1.29 is 23.7 Å². The number of benzene rings is 2. The lowest BCUT2D eigenvalue weighted by Crippen LogP contribution is -2.27. The number of methoxy groups -OCH3 is 3. The Morgan fingerprint density at radius 2 is 1.48 bits per heavy atom. The number of rotatable bonds is 3. The van der Waals surface area contributed by atoms with E-state index in [1.165, 1.54) is 0 Å². The number of pyridine rings is 2. The molecule has 4 aromatic rings. The highest BCUT2D eigenvalue weighted by Crippen LogP contribution is 2.39. The molecule has 0 spiro atoms. The summed E-state index contributed by atoms with van der Waals surface area (Å²) in [5, 5.41) is 14.6. The van der Waals surface area contributed by atoms with Gasteiger partial charge in [0.05, 0.1) is 32.1 Å². The van der Waals surface area contributed by atoms with Gasteiger partial charge in [-0.25, -0.2) is 0 Å². The number of aryl methyl sites for hydroxylation is 2. The van der Waals surface area contributed by atoms with Crippen LogP contribution in [0.15, 0.2) is 36.5 Å². The Morgan fingerprint density at radius 3 is 2.15 bits per heavy atom. The molecule has 4 rings (SSSR count). The normalized spacial score (nSPS) is 11.3. The standard InChI is InChI=1S/C22H21NO4/c1-12-15-6-7-17(25-3)22(24)20(15)13(2)23-9-8-14-10-18(26-4)19(27-5)11-16(14)21(12)23/h6-11H,1-5H3/p+1. The Morgan fingerprint density at radius 1 is 0.815 bits per heavy atom. The van der Waals surface area contributed by atoms with Crippen LogP contribution in [-0.4, -0.2) is 26.4 Å². The number of aromatic hydroxyl groups is 1. The van der Waals surface area contributed by atoms with Gasteiger partial charge in [-0.15, -0.1) is 0 Å². The fourth-order valence-corrected chi connectivity index (χ4v) is 3.92. The highest BCUT2D eigenvalue weighted by Gasteiger charge is 2.23. The van der Waals surface area contributed by atoms with Crippen molar-refractivity contribution >= 4 is 27.1 Å². The average molecular weight is 364 g/mol.